The van der Waals surface area contributed by atoms with Crippen molar-refractivity contribution in [2.45, 2.75) is 0 Å². The van der Waals surface area contributed by atoms with Gasteiger partial charge < -0.3 is 8.83 Å². The third kappa shape index (κ3) is 4.58. The molecule has 0 saturated carbocycles. The number of hydrogen-bond donors (Lipinski definition) is 0. The van der Waals surface area contributed by atoms with Gasteiger partial charge in [0.2, 0.25) is 5.89 Å². The Kier molecular flexibility index (Phi) is 6.15. The lowest BCUT2D eigenvalue weighted by Gasteiger charge is -2.10. The molecule has 6 heteroatoms. The quantitative estimate of drug-likeness (QED) is 0.186. The molecule has 11 rings (SSSR count). The number of nitrogens with zero attached hydrogens (tertiary/aromatic N) is 4. The second kappa shape index (κ2) is 11.2. The Morgan fingerprint density at radius 1 is 0.346 bits per heavy atom. The van der Waals surface area contributed by atoms with Gasteiger partial charge in [-0.3, -0.25) is 0 Å². The van der Waals surface area contributed by atoms with Crippen molar-refractivity contribution in [2.24, 2.45) is 0 Å². The van der Waals surface area contributed by atoms with Gasteiger partial charge in [-0.1, -0.05) is 115 Å². The van der Waals surface area contributed by atoms with Crippen LogP contribution in [-0.2, 0) is 0 Å². The van der Waals surface area contributed by atoms with E-state index in [1.807, 2.05) is 60.7 Å². The molecule has 3 aromatic heterocycles. The predicted molar refractivity (Wildman–Crippen MR) is 209 cm³/mol. The maximum atomic E-state index is 6.64. The SMILES string of the molecule is c1ccc2cc(-c3nc(-c4ccc5c(c4)oc4ccccc45)nc(-c4cc5ccccc5c5oc(-c6ccc7ccccc7c6)nc45)n3)ccc2c1. The van der Waals surface area contributed by atoms with Crippen molar-refractivity contribution >= 4 is 65.4 Å². The number of para-hydroxylation sites is 1. The van der Waals surface area contributed by atoms with Crippen LogP contribution in [0, 0.1) is 0 Å². The standard InChI is InChI=1S/C46H26N4O2/c1-3-11-29-23-32(19-17-27(29)9-1)43-48-44(33-21-22-37-36-15-7-8-16-39(36)51-40(37)26-33)50-45(49-43)38-25-31-13-5-6-14-35(31)42-41(38)47-46(52-42)34-20-18-28-10-2-4-12-30(28)24-34/h1-26H. The summed E-state index contributed by atoms with van der Waals surface area (Å²) in [5, 5.41) is 8.63. The summed E-state index contributed by atoms with van der Waals surface area (Å²) in [6.45, 7) is 0. The second-order valence-corrected chi connectivity index (χ2v) is 13.1. The molecule has 0 saturated heterocycles. The van der Waals surface area contributed by atoms with Crippen LogP contribution in [0.3, 0.4) is 0 Å². The average molecular weight is 667 g/mol. The van der Waals surface area contributed by atoms with Crippen LogP contribution in [0.2, 0.25) is 0 Å². The van der Waals surface area contributed by atoms with Crippen LogP contribution in [0.25, 0.3) is 111 Å². The maximum absolute atomic E-state index is 6.64. The van der Waals surface area contributed by atoms with Crippen molar-refractivity contribution in [1.82, 2.24) is 19.9 Å². The van der Waals surface area contributed by atoms with Crippen LogP contribution < -0.4 is 0 Å². The minimum absolute atomic E-state index is 0.506. The third-order valence-electron chi connectivity index (χ3n) is 9.90. The maximum Gasteiger partial charge on any atom is 0.227 e. The highest BCUT2D eigenvalue weighted by Gasteiger charge is 2.21. The van der Waals surface area contributed by atoms with Gasteiger partial charge in [0.15, 0.2) is 23.1 Å². The molecule has 0 aliphatic rings. The Balaban J connectivity index is 1.16. The van der Waals surface area contributed by atoms with E-state index in [0.29, 0.717) is 34.5 Å². The van der Waals surface area contributed by atoms with E-state index in [-0.39, 0.29) is 0 Å². The van der Waals surface area contributed by atoms with Crippen LogP contribution in [0.1, 0.15) is 0 Å². The first kappa shape index (κ1) is 28.6. The fourth-order valence-electron chi connectivity index (χ4n) is 7.30. The molecular formula is C46H26N4O2. The Hall–Kier alpha value is -7.18. The zero-order chi connectivity index (χ0) is 34.2. The molecule has 8 aromatic carbocycles. The number of rotatable bonds is 4. The molecule has 0 radical (unpaired) electrons. The van der Waals surface area contributed by atoms with Gasteiger partial charge in [-0.05, 0) is 69.4 Å². The van der Waals surface area contributed by atoms with Crippen molar-refractivity contribution in [3.63, 3.8) is 0 Å². The molecule has 11 aromatic rings. The first-order valence-electron chi connectivity index (χ1n) is 17.2. The fraction of sp³-hybridized carbons (Fsp3) is 0. The zero-order valence-corrected chi connectivity index (χ0v) is 27.6. The van der Waals surface area contributed by atoms with Gasteiger partial charge in [-0.2, -0.15) is 0 Å². The van der Waals surface area contributed by atoms with Gasteiger partial charge in [-0.15, -0.1) is 0 Å². The van der Waals surface area contributed by atoms with Crippen LogP contribution in [0.4, 0.5) is 0 Å². The lowest BCUT2D eigenvalue weighted by atomic mass is 10.0. The Labute approximate surface area is 296 Å². The van der Waals surface area contributed by atoms with Crippen molar-refractivity contribution in [3.8, 4) is 45.6 Å². The van der Waals surface area contributed by atoms with Crippen molar-refractivity contribution in [1.29, 1.82) is 0 Å². The predicted octanol–water partition coefficient (Wildman–Crippen LogP) is 12.0. The average Bonchev–Trinajstić information content (AvgIpc) is 3.82. The van der Waals surface area contributed by atoms with Crippen molar-refractivity contribution in [3.05, 3.63) is 158 Å². The number of oxazole rings is 1. The molecule has 0 aliphatic heterocycles. The van der Waals surface area contributed by atoms with Crippen molar-refractivity contribution < 1.29 is 8.83 Å². The van der Waals surface area contributed by atoms with Crippen LogP contribution in [0.5, 0.6) is 0 Å². The molecule has 0 amide bonds. The number of aromatic nitrogens is 4. The highest BCUT2D eigenvalue weighted by Crippen LogP contribution is 2.39. The lowest BCUT2D eigenvalue weighted by molar-refractivity contribution is 0.623. The van der Waals surface area contributed by atoms with E-state index < -0.39 is 0 Å². The molecule has 52 heavy (non-hydrogen) atoms. The first-order valence-corrected chi connectivity index (χ1v) is 17.2. The monoisotopic (exact) mass is 666 g/mol. The van der Waals surface area contributed by atoms with Crippen molar-refractivity contribution in [2.75, 3.05) is 0 Å². The van der Waals surface area contributed by atoms with Gasteiger partial charge in [0.05, 0.1) is 0 Å². The molecule has 0 bridgehead atoms. The molecule has 0 atom stereocenters. The van der Waals surface area contributed by atoms with Gasteiger partial charge in [0, 0.05) is 38.4 Å². The first-order chi connectivity index (χ1) is 25.7. The van der Waals surface area contributed by atoms with E-state index in [4.69, 9.17) is 28.8 Å². The number of furan rings is 1. The number of fused-ring (bicyclic) bond motifs is 8. The normalized spacial score (nSPS) is 11.8. The summed E-state index contributed by atoms with van der Waals surface area (Å²) >= 11 is 0. The third-order valence-corrected chi connectivity index (χ3v) is 9.90. The fourth-order valence-corrected chi connectivity index (χ4v) is 7.30. The summed E-state index contributed by atoms with van der Waals surface area (Å²) in [7, 11) is 0. The van der Waals surface area contributed by atoms with Crippen LogP contribution in [0.15, 0.2) is 167 Å². The molecular weight excluding hydrogens is 641 g/mol. The van der Waals surface area contributed by atoms with E-state index in [1.54, 1.807) is 0 Å². The van der Waals surface area contributed by atoms with Gasteiger partial charge in [0.25, 0.3) is 0 Å². The largest absolute Gasteiger partial charge is 0.456 e. The summed E-state index contributed by atoms with van der Waals surface area (Å²) in [6.07, 6.45) is 0. The molecule has 6 nitrogen and oxygen atoms in total. The number of benzene rings is 8. The van der Waals surface area contributed by atoms with Gasteiger partial charge in [-0.25, -0.2) is 19.9 Å². The Bertz CT molecular complexity index is 3210. The summed E-state index contributed by atoms with van der Waals surface area (Å²) in [6, 6.07) is 53.7. The zero-order valence-electron chi connectivity index (χ0n) is 27.6. The second-order valence-electron chi connectivity index (χ2n) is 13.1. The highest BCUT2D eigenvalue weighted by atomic mass is 16.3. The summed E-state index contributed by atoms with van der Waals surface area (Å²) in [4.78, 5) is 20.5. The van der Waals surface area contributed by atoms with Gasteiger partial charge >= 0.3 is 0 Å². The van der Waals surface area contributed by atoms with E-state index >= 15 is 0 Å². The summed E-state index contributed by atoms with van der Waals surface area (Å²) < 4.78 is 12.9. The summed E-state index contributed by atoms with van der Waals surface area (Å²) in [5.74, 6) is 2.15. The van der Waals surface area contributed by atoms with Crippen LogP contribution in [-0.4, -0.2) is 19.9 Å². The van der Waals surface area contributed by atoms with Gasteiger partial charge in [0.1, 0.15) is 16.7 Å². The van der Waals surface area contributed by atoms with E-state index in [2.05, 4.69) is 97.1 Å². The molecule has 242 valence electrons. The molecule has 0 unspecified atom stereocenters. The molecule has 0 N–H and O–H groups in total. The minimum Gasteiger partial charge on any atom is -0.456 e. The summed E-state index contributed by atoms with van der Waals surface area (Å²) in [5.41, 5.74) is 6.38. The molecule has 0 spiro atoms. The highest BCUT2D eigenvalue weighted by molar-refractivity contribution is 6.10. The number of hydrogen-bond acceptors (Lipinski definition) is 6. The lowest BCUT2D eigenvalue weighted by Crippen LogP contribution is -2.01. The van der Waals surface area contributed by atoms with E-state index in [0.717, 1.165) is 76.5 Å². The molecule has 3 heterocycles. The minimum atomic E-state index is 0.506. The van der Waals surface area contributed by atoms with Crippen LogP contribution >= 0.6 is 0 Å². The van der Waals surface area contributed by atoms with E-state index in [9.17, 15) is 0 Å². The van der Waals surface area contributed by atoms with E-state index in [1.165, 1.54) is 0 Å². The smallest absolute Gasteiger partial charge is 0.227 e. The topological polar surface area (TPSA) is 77.8 Å². The molecule has 0 aliphatic carbocycles. The Morgan fingerprint density at radius 2 is 0.904 bits per heavy atom. The molecule has 0 fully saturated rings. The Morgan fingerprint density at radius 3 is 1.67 bits per heavy atom.